The standard InChI is InChI=1S/C17H20ClN3/c18-14-7-9-15(10-8-14)20-17(16-6-2-3-11-19-16)21-12-4-1-5-13-21/h3,7-11H,1-2,4-6,12-13H2. The molecule has 3 rings (SSSR count). The molecule has 1 aromatic rings. The van der Waals surface area contributed by atoms with E-state index in [4.69, 9.17) is 16.6 Å². The Bertz CT molecular complexity index is 566. The average molecular weight is 302 g/mol. The van der Waals surface area contributed by atoms with Crippen LogP contribution >= 0.6 is 11.6 Å². The molecule has 0 spiro atoms. The van der Waals surface area contributed by atoms with E-state index in [1.54, 1.807) is 0 Å². The Morgan fingerprint density at radius 1 is 1.10 bits per heavy atom. The molecule has 3 nitrogen and oxygen atoms in total. The van der Waals surface area contributed by atoms with Crippen LogP contribution in [0.25, 0.3) is 0 Å². The topological polar surface area (TPSA) is 28.0 Å². The lowest BCUT2D eigenvalue weighted by Crippen LogP contribution is -2.40. The Balaban J connectivity index is 1.92. The number of likely N-dealkylation sites (tertiary alicyclic amines) is 1. The molecule has 0 aromatic heterocycles. The van der Waals surface area contributed by atoms with E-state index >= 15 is 0 Å². The lowest BCUT2D eigenvalue weighted by atomic mass is 10.1. The summed E-state index contributed by atoms with van der Waals surface area (Å²) in [5.74, 6) is 1.04. The minimum atomic E-state index is 0.742. The van der Waals surface area contributed by atoms with Crippen LogP contribution < -0.4 is 0 Å². The molecule has 1 aromatic carbocycles. The van der Waals surface area contributed by atoms with E-state index in [1.165, 1.54) is 19.3 Å². The summed E-state index contributed by atoms with van der Waals surface area (Å²) in [5.41, 5.74) is 2.05. The van der Waals surface area contributed by atoms with Crippen molar-refractivity contribution in [3.63, 3.8) is 0 Å². The third-order valence-corrected chi connectivity index (χ3v) is 4.11. The van der Waals surface area contributed by atoms with Crippen LogP contribution in [0.1, 0.15) is 32.1 Å². The highest BCUT2D eigenvalue weighted by Gasteiger charge is 2.20. The molecule has 2 heterocycles. The normalized spacial score (nSPS) is 19.6. The fourth-order valence-corrected chi connectivity index (χ4v) is 2.86. The summed E-state index contributed by atoms with van der Waals surface area (Å²) in [6.07, 6.45) is 9.83. The van der Waals surface area contributed by atoms with Crippen molar-refractivity contribution in [1.82, 2.24) is 4.90 Å². The fraction of sp³-hybridized carbons (Fsp3) is 0.412. The van der Waals surface area contributed by atoms with E-state index in [9.17, 15) is 0 Å². The van der Waals surface area contributed by atoms with Crippen LogP contribution in [-0.2, 0) is 0 Å². The van der Waals surface area contributed by atoms with Crippen molar-refractivity contribution < 1.29 is 0 Å². The van der Waals surface area contributed by atoms with Crippen LogP contribution in [0.5, 0.6) is 0 Å². The monoisotopic (exact) mass is 301 g/mol. The summed E-state index contributed by atoms with van der Waals surface area (Å²) >= 11 is 5.95. The predicted molar refractivity (Wildman–Crippen MR) is 89.8 cm³/mol. The van der Waals surface area contributed by atoms with Crippen molar-refractivity contribution >= 4 is 28.8 Å². The highest BCUT2D eigenvalue weighted by atomic mass is 35.5. The van der Waals surface area contributed by atoms with Crippen molar-refractivity contribution in [3.8, 4) is 0 Å². The Morgan fingerprint density at radius 3 is 2.52 bits per heavy atom. The lowest BCUT2D eigenvalue weighted by molar-refractivity contribution is 0.345. The summed E-state index contributed by atoms with van der Waals surface area (Å²) in [7, 11) is 0. The Kier molecular flexibility index (Phi) is 4.71. The molecule has 0 amide bonds. The molecule has 0 saturated carbocycles. The first-order valence-corrected chi connectivity index (χ1v) is 8.02. The molecule has 0 atom stereocenters. The number of piperidine rings is 1. The summed E-state index contributed by atoms with van der Waals surface area (Å²) in [6, 6.07) is 7.70. The molecule has 110 valence electrons. The summed E-state index contributed by atoms with van der Waals surface area (Å²) in [6.45, 7) is 2.16. The molecule has 2 aliphatic heterocycles. The maximum atomic E-state index is 5.95. The van der Waals surface area contributed by atoms with Crippen molar-refractivity contribution in [2.45, 2.75) is 32.1 Å². The van der Waals surface area contributed by atoms with E-state index in [0.29, 0.717) is 0 Å². The zero-order valence-electron chi connectivity index (χ0n) is 12.1. The van der Waals surface area contributed by atoms with Gasteiger partial charge in [0.1, 0.15) is 0 Å². The van der Waals surface area contributed by atoms with Crippen LogP contribution in [0.3, 0.4) is 0 Å². The van der Waals surface area contributed by atoms with E-state index in [1.807, 2.05) is 30.5 Å². The first-order chi connectivity index (χ1) is 10.3. The van der Waals surface area contributed by atoms with Gasteiger partial charge in [0.05, 0.1) is 11.4 Å². The molecule has 0 bridgehead atoms. The number of aliphatic imine (C=N–C) groups is 2. The van der Waals surface area contributed by atoms with Gasteiger partial charge in [-0.15, -0.1) is 0 Å². The molecular weight excluding hydrogens is 282 g/mol. The van der Waals surface area contributed by atoms with Crippen LogP contribution in [-0.4, -0.2) is 29.5 Å². The molecule has 0 N–H and O–H groups in total. The fourth-order valence-electron chi connectivity index (χ4n) is 2.73. The predicted octanol–water partition coefficient (Wildman–Crippen LogP) is 4.60. The van der Waals surface area contributed by atoms with Crippen molar-refractivity contribution in [2.75, 3.05) is 13.1 Å². The molecule has 0 aliphatic carbocycles. The average Bonchev–Trinajstić information content (AvgIpc) is 2.56. The zero-order chi connectivity index (χ0) is 14.5. The molecule has 4 heteroatoms. The minimum absolute atomic E-state index is 0.742. The number of allylic oxidation sites excluding steroid dienone is 1. The third-order valence-electron chi connectivity index (χ3n) is 3.86. The molecule has 1 fully saturated rings. The second-order valence-corrected chi connectivity index (χ2v) is 5.90. The van der Waals surface area contributed by atoms with Gasteiger partial charge in [-0.25, -0.2) is 4.99 Å². The number of hydrogen-bond acceptors (Lipinski definition) is 2. The first kappa shape index (κ1) is 14.3. The zero-order valence-corrected chi connectivity index (χ0v) is 12.9. The molecular formula is C17H20ClN3. The van der Waals surface area contributed by atoms with Gasteiger partial charge in [0, 0.05) is 24.3 Å². The third kappa shape index (κ3) is 3.73. The summed E-state index contributed by atoms with van der Waals surface area (Å²) in [5, 5.41) is 0.742. The largest absolute Gasteiger partial charge is 0.355 e. The van der Waals surface area contributed by atoms with Gasteiger partial charge in [0.25, 0.3) is 0 Å². The van der Waals surface area contributed by atoms with Crippen molar-refractivity contribution in [3.05, 3.63) is 41.6 Å². The quantitative estimate of drug-likeness (QED) is 0.579. The maximum absolute atomic E-state index is 5.95. The van der Waals surface area contributed by atoms with Crippen molar-refractivity contribution in [2.24, 2.45) is 9.98 Å². The van der Waals surface area contributed by atoms with Crippen LogP contribution in [0.4, 0.5) is 5.69 Å². The van der Waals surface area contributed by atoms with Crippen LogP contribution in [0.2, 0.25) is 5.02 Å². The van der Waals surface area contributed by atoms with E-state index < -0.39 is 0 Å². The lowest BCUT2D eigenvalue weighted by Gasteiger charge is -2.30. The molecule has 0 unspecified atom stereocenters. The maximum Gasteiger partial charge on any atom is 0.150 e. The van der Waals surface area contributed by atoms with Crippen LogP contribution in [0, 0.1) is 0 Å². The number of amidine groups is 1. The number of benzene rings is 1. The second-order valence-electron chi connectivity index (χ2n) is 5.46. The SMILES string of the molecule is Clc1ccc(N=C(C2=NC=CCC2)N2CCCCC2)cc1. The molecule has 21 heavy (non-hydrogen) atoms. The van der Waals surface area contributed by atoms with E-state index in [-0.39, 0.29) is 0 Å². The van der Waals surface area contributed by atoms with Gasteiger partial charge in [-0.1, -0.05) is 17.7 Å². The van der Waals surface area contributed by atoms with Gasteiger partial charge in [0.2, 0.25) is 0 Å². The van der Waals surface area contributed by atoms with Gasteiger partial charge in [0.15, 0.2) is 5.84 Å². The van der Waals surface area contributed by atoms with Gasteiger partial charge in [-0.05, 0) is 56.4 Å². The Morgan fingerprint density at radius 2 is 1.86 bits per heavy atom. The van der Waals surface area contributed by atoms with E-state index in [0.717, 1.165) is 48.2 Å². The molecule has 2 aliphatic rings. The van der Waals surface area contributed by atoms with Gasteiger partial charge < -0.3 is 4.90 Å². The van der Waals surface area contributed by atoms with E-state index in [2.05, 4.69) is 16.0 Å². The second kappa shape index (κ2) is 6.90. The molecule has 1 saturated heterocycles. The summed E-state index contributed by atoms with van der Waals surface area (Å²) in [4.78, 5) is 11.8. The highest BCUT2D eigenvalue weighted by molar-refractivity contribution is 6.42. The highest BCUT2D eigenvalue weighted by Crippen LogP contribution is 2.20. The first-order valence-electron chi connectivity index (χ1n) is 7.64. The van der Waals surface area contributed by atoms with Gasteiger partial charge in [-0.2, -0.15) is 0 Å². The van der Waals surface area contributed by atoms with Gasteiger partial charge >= 0.3 is 0 Å². The minimum Gasteiger partial charge on any atom is -0.355 e. The number of halogens is 1. The smallest absolute Gasteiger partial charge is 0.150 e. The van der Waals surface area contributed by atoms with Crippen molar-refractivity contribution in [1.29, 1.82) is 0 Å². The Hall–Kier alpha value is -1.61. The Labute approximate surface area is 131 Å². The number of nitrogens with zero attached hydrogens (tertiary/aromatic N) is 3. The number of hydrogen-bond donors (Lipinski definition) is 0. The molecule has 0 radical (unpaired) electrons. The summed E-state index contributed by atoms with van der Waals surface area (Å²) < 4.78 is 0. The number of rotatable bonds is 2. The van der Waals surface area contributed by atoms with Crippen LogP contribution in [0.15, 0.2) is 46.5 Å². The van der Waals surface area contributed by atoms with Gasteiger partial charge in [-0.3, -0.25) is 4.99 Å².